The molecule has 0 heterocycles. The number of unbranched alkanes of at least 4 members (excludes halogenated alkanes) is 4. The van der Waals surface area contributed by atoms with E-state index in [0.29, 0.717) is 18.4 Å². The molecule has 134 valence electrons. The molecule has 1 aromatic carbocycles. The number of aliphatic hydroxyl groups is 2. The van der Waals surface area contributed by atoms with Crippen molar-refractivity contribution in [3.8, 4) is 0 Å². The van der Waals surface area contributed by atoms with Gasteiger partial charge in [0.15, 0.2) is 5.78 Å². The van der Waals surface area contributed by atoms with E-state index < -0.39 is 18.0 Å². The van der Waals surface area contributed by atoms with Crippen molar-refractivity contribution in [2.45, 2.75) is 57.5 Å². The van der Waals surface area contributed by atoms with E-state index in [1.165, 1.54) is 0 Å². The Labute approximate surface area is 143 Å². The minimum absolute atomic E-state index is 0.0188. The highest BCUT2D eigenvalue weighted by Crippen LogP contribution is 2.18. The van der Waals surface area contributed by atoms with Crippen molar-refractivity contribution >= 4 is 11.8 Å². The molecule has 1 aromatic rings. The van der Waals surface area contributed by atoms with Crippen LogP contribution in [0, 0.1) is 5.92 Å². The monoisotopic (exact) mass is 335 g/mol. The van der Waals surface area contributed by atoms with Crippen LogP contribution in [0.5, 0.6) is 0 Å². The van der Waals surface area contributed by atoms with E-state index in [4.69, 9.17) is 5.11 Å². The predicted octanol–water partition coefficient (Wildman–Crippen LogP) is 1.71. The number of carbonyl (C=O) groups is 2. The number of aliphatic hydroxyl groups excluding tert-OH is 2. The number of rotatable bonds is 13. The normalized spacial score (nSPS) is 13.4. The number of ketones is 1. The van der Waals surface area contributed by atoms with Crippen LogP contribution in [0.15, 0.2) is 30.3 Å². The number of hydrogen-bond acceptors (Lipinski definition) is 5. The molecule has 0 aliphatic carbocycles. The van der Waals surface area contributed by atoms with Gasteiger partial charge in [0.1, 0.15) is 0 Å². The molecule has 2 unspecified atom stereocenters. The van der Waals surface area contributed by atoms with Crippen LogP contribution >= 0.6 is 0 Å². The molecule has 0 aliphatic heterocycles. The van der Waals surface area contributed by atoms with Crippen LogP contribution in [-0.4, -0.2) is 34.7 Å². The summed E-state index contributed by atoms with van der Waals surface area (Å²) in [7, 11) is 0. The van der Waals surface area contributed by atoms with Gasteiger partial charge in [-0.2, -0.15) is 0 Å². The second kappa shape index (κ2) is 11.8. The molecule has 24 heavy (non-hydrogen) atoms. The highest BCUT2D eigenvalue weighted by Gasteiger charge is 2.16. The molecular weight excluding hydrogens is 308 g/mol. The lowest BCUT2D eigenvalue weighted by atomic mass is 9.93. The van der Waals surface area contributed by atoms with Crippen molar-refractivity contribution in [1.82, 2.24) is 0 Å². The Morgan fingerprint density at radius 3 is 2.12 bits per heavy atom. The predicted molar refractivity (Wildman–Crippen MR) is 89.3 cm³/mol. The SMILES string of the molecule is O=C(CC(CCCCCCCC(O)CO)C(=O)[O-])c1ccccc1. The molecule has 5 heteroatoms. The molecule has 0 amide bonds. The molecular formula is C19H27O5-. The minimum atomic E-state index is -1.16. The van der Waals surface area contributed by atoms with Crippen LogP contribution in [0.25, 0.3) is 0 Å². The summed E-state index contributed by atoms with van der Waals surface area (Å²) >= 11 is 0. The molecule has 0 fully saturated rings. The van der Waals surface area contributed by atoms with E-state index in [2.05, 4.69) is 0 Å². The highest BCUT2D eigenvalue weighted by atomic mass is 16.4. The van der Waals surface area contributed by atoms with Crippen LogP contribution in [0.1, 0.15) is 61.7 Å². The zero-order valence-electron chi connectivity index (χ0n) is 14.0. The Bertz CT molecular complexity index is 486. The van der Waals surface area contributed by atoms with Crippen molar-refractivity contribution in [1.29, 1.82) is 0 Å². The van der Waals surface area contributed by atoms with Crippen LogP contribution in [0.2, 0.25) is 0 Å². The number of benzene rings is 1. The fraction of sp³-hybridized carbons (Fsp3) is 0.579. The van der Waals surface area contributed by atoms with Crippen molar-refractivity contribution in [2.24, 2.45) is 5.92 Å². The fourth-order valence-corrected chi connectivity index (χ4v) is 2.66. The standard InChI is InChI=1S/C19H28O5/c20-14-17(21)12-8-3-1-2-5-11-16(19(23)24)13-18(22)15-9-6-4-7-10-15/h4,6-7,9-10,16-17,20-21H,1-3,5,8,11-14H2,(H,23,24)/p-1. The highest BCUT2D eigenvalue weighted by molar-refractivity contribution is 5.97. The van der Waals surface area contributed by atoms with E-state index in [1.54, 1.807) is 24.3 Å². The van der Waals surface area contributed by atoms with Gasteiger partial charge >= 0.3 is 0 Å². The van der Waals surface area contributed by atoms with Crippen molar-refractivity contribution < 1.29 is 24.9 Å². The summed E-state index contributed by atoms with van der Waals surface area (Å²) in [6.07, 6.45) is 4.73. The lowest BCUT2D eigenvalue weighted by Crippen LogP contribution is -2.32. The van der Waals surface area contributed by atoms with Crippen molar-refractivity contribution in [2.75, 3.05) is 6.61 Å². The summed E-state index contributed by atoms with van der Waals surface area (Å²) in [5.74, 6) is -2.07. The maximum absolute atomic E-state index is 12.1. The van der Waals surface area contributed by atoms with Gasteiger partial charge in [0.05, 0.1) is 12.7 Å². The Kier molecular flexibility index (Phi) is 9.96. The second-order valence-electron chi connectivity index (χ2n) is 6.19. The average molecular weight is 335 g/mol. The molecule has 0 radical (unpaired) electrons. The quantitative estimate of drug-likeness (QED) is 0.422. The maximum atomic E-state index is 12.1. The fourth-order valence-electron chi connectivity index (χ4n) is 2.66. The lowest BCUT2D eigenvalue weighted by Gasteiger charge is -2.17. The first-order valence-electron chi connectivity index (χ1n) is 8.62. The summed E-state index contributed by atoms with van der Waals surface area (Å²) in [5, 5.41) is 29.1. The molecule has 0 spiro atoms. The van der Waals surface area contributed by atoms with Gasteiger partial charge in [-0.15, -0.1) is 0 Å². The first-order chi connectivity index (χ1) is 11.5. The number of carboxylic acid groups (broad SMARTS) is 1. The number of hydrogen-bond donors (Lipinski definition) is 2. The molecule has 2 atom stereocenters. The van der Waals surface area contributed by atoms with Gasteiger partial charge in [-0.25, -0.2) is 0 Å². The molecule has 0 aromatic heterocycles. The first kappa shape index (κ1) is 20.3. The molecule has 0 aliphatic rings. The van der Waals surface area contributed by atoms with Crippen LogP contribution in [0.4, 0.5) is 0 Å². The Morgan fingerprint density at radius 1 is 0.958 bits per heavy atom. The van der Waals surface area contributed by atoms with E-state index >= 15 is 0 Å². The molecule has 0 saturated heterocycles. The third kappa shape index (κ3) is 8.22. The Morgan fingerprint density at radius 2 is 1.54 bits per heavy atom. The minimum Gasteiger partial charge on any atom is -0.550 e. The molecule has 5 nitrogen and oxygen atoms in total. The topological polar surface area (TPSA) is 97.7 Å². The van der Waals surface area contributed by atoms with Gasteiger partial charge < -0.3 is 20.1 Å². The van der Waals surface area contributed by atoms with Gasteiger partial charge in [-0.05, 0) is 12.8 Å². The van der Waals surface area contributed by atoms with Gasteiger partial charge in [0, 0.05) is 23.9 Å². The van der Waals surface area contributed by atoms with E-state index in [1.807, 2.05) is 6.07 Å². The van der Waals surface area contributed by atoms with E-state index in [-0.39, 0.29) is 18.8 Å². The van der Waals surface area contributed by atoms with Gasteiger partial charge in [0.25, 0.3) is 0 Å². The molecule has 2 N–H and O–H groups in total. The second-order valence-corrected chi connectivity index (χ2v) is 6.19. The summed E-state index contributed by atoms with van der Waals surface area (Å²) in [6, 6.07) is 8.71. The van der Waals surface area contributed by atoms with Crippen LogP contribution < -0.4 is 5.11 Å². The molecule has 0 bridgehead atoms. The van der Waals surface area contributed by atoms with Gasteiger partial charge in [0.2, 0.25) is 0 Å². The maximum Gasteiger partial charge on any atom is 0.163 e. The third-order valence-corrected chi connectivity index (χ3v) is 4.16. The zero-order valence-corrected chi connectivity index (χ0v) is 14.0. The number of Topliss-reactive ketones (excluding diaryl/α,β-unsaturated/α-hetero) is 1. The van der Waals surface area contributed by atoms with E-state index in [9.17, 15) is 19.8 Å². The lowest BCUT2D eigenvalue weighted by molar-refractivity contribution is -0.311. The largest absolute Gasteiger partial charge is 0.550 e. The first-order valence-corrected chi connectivity index (χ1v) is 8.62. The van der Waals surface area contributed by atoms with Crippen molar-refractivity contribution in [3.63, 3.8) is 0 Å². The van der Waals surface area contributed by atoms with Crippen LogP contribution in [-0.2, 0) is 4.79 Å². The number of carbonyl (C=O) groups excluding carboxylic acids is 2. The molecule has 0 saturated carbocycles. The third-order valence-electron chi connectivity index (χ3n) is 4.16. The van der Waals surface area contributed by atoms with E-state index in [0.717, 1.165) is 32.1 Å². The zero-order chi connectivity index (χ0) is 17.8. The Hall–Kier alpha value is -1.72. The smallest absolute Gasteiger partial charge is 0.163 e. The number of aliphatic carboxylic acids is 1. The molecule has 1 rings (SSSR count). The van der Waals surface area contributed by atoms with Gasteiger partial charge in [-0.3, -0.25) is 4.79 Å². The van der Waals surface area contributed by atoms with Crippen molar-refractivity contribution in [3.05, 3.63) is 35.9 Å². The average Bonchev–Trinajstić information content (AvgIpc) is 2.59. The summed E-state index contributed by atoms with van der Waals surface area (Å²) in [6.45, 7) is -0.206. The van der Waals surface area contributed by atoms with Gasteiger partial charge in [-0.1, -0.05) is 62.4 Å². The summed E-state index contributed by atoms with van der Waals surface area (Å²) < 4.78 is 0. The summed E-state index contributed by atoms with van der Waals surface area (Å²) in [5.41, 5.74) is 0.534. The number of carboxylic acids is 1. The van der Waals surface area contributed by atoms with Crippen LogP contribution in [0.3, 0.4) is 0 Å². The Balaban J connectivity index is 2.24. The summed E-state index contributed by atoms with van der Waals surface area (Å²) in [4.78, 5) is 23.3.